The smallest absolute Gasteiger partial charge is 0.466 e. The van der Waals surface area contributed by atoms with Crippen LogP contribution in [-0.4, -0.2) is 52.8 Å². The molecule has 1 aliphatic rings. The number of benzene rings is 2. The van der Waals surface area contributed by atoms with E-state index in [2.05, 4.69) is 20.0 Å². The maximum absolute atomic E-state index is 13.0. The van der Waals surface area contributed by atoms with Crippen molar-refractivity contribution in [2.75, 3.05) is 25.0 Å². The Morgan fingerprint density at radius 2 is 1.80 bits per heavy atom. The Labute approximate surface area is 199 Å². The van der Waals surface area contributed by atoms with Gasteiger partial charge in [-0.3, -0.25) is 9.59 Å². The van der Waals surface area contributed by atoms with E-state index < -0.39 is 6.36 Å². The van der Waals surface area contributed by atoms with Crippen molar-refractivity contribution in [1.29, 1.82) is 0 Å². The van der Waals surface area contributed by atoms with Gasteiger partial charge in [-0.05, 0) is 62.2 Å². The number of aromatic nitrogens is 2. The Balaban J connectivity index is 1.45. The lowest BCUT2D eigenvalue weighted by molar-refractivity contribution is -0.274. The zero-order chi connectivity index (χ0) is 25.0. The number of ether oxygens (including phenoxy) is 2. The van der Waals surface area contributed by atoms with E-state index in [4.69, 9.17) is 4.74 Å². The monoisotopic (exact) mass is 488 g/mol. The lowest BCUT2D eigenvalue weighted by atomic mass is 9.96. The number of fused-ring (bicyclic) bond motifs is 1. The molecule has 1 saturated heterocycles. The van der Waals surface area contributed by atoms with Crippen molar-refractivity contribution >= 4 is 34.3 Å². The minimum atomic E-state index is -4.76. The number of rotatable bonds is 6. The molecule has 11 heteroatoms. The highest BCUT2D eigenvalue weighted by atomic mass is 19.4. The predicted octanol–water partition coefficient (Wildman–Crippen LogP) is 4.69. The molecule has 0 aliphatic carbocycles. The van der Waals surface area contributed by atoms with Crippen LogP contribution in [0, 0.1) is 5.92 Å². The SMILES string of the molecule is CCOC(=O)C1CCN(C(=O)c2ccc3c(Nc4ccc(OC(F)(F)F)cc4)ncnc3c2)CC1. The number of likely N-dealkylation sites (tertiary alicyclic amines) is 1. The Kier molecular flexibility index (Phi) is 7.04. The van der Waals surface area contributed by atoms with Crippen LogP contribution in [0.2, 0.25) is 0 Å². The number of carbonyl (C=O) groups excluding carboxylic acids is 2. The van der Waals surface area contributed by atoms with E-state index >= 15 is 0 Å². The van der Waals surface area contributed by atoms with Crippen LogP contribution in [0.4, 0.5) is 24.7 Å². The van der Waals surface area contributed by atoms with Crippen molar-refractivity contribution in [2.45, 2.75) is 26.1 Å². The second kappa shape index (κ2) is 10.2. The summed E-state index contributed by atoms with van der Waals surface area (Å²) in [4.78, 5) is 35.1. The molecule has 0 spiro atoms. The summed E-state index contributed by atoms with van der Waals surface area (Å²) in [7, 11) is 0. The summed E-state index contributed by atoms with van der Waals surface area (Å²) in [5.41, 5.74) is 1.50. The number of amides is 1. The van der Waals surface area contributed by atoms with E-state index in [9.17, 15) is 22.8 Å². The third-order valence-corrected chi connectivity index (χ3v) is 5.64. The maximum Gasteiger partial charge on any atom is 0.573 e. The van der Waals surface area contributed by atoms with Crippen LogP contribution >= 0.6 is 0 Å². The van der Waals surface area contributed by atoms with Crippen molar-refractivity contribution in [3.63, 3.8) is 0 Å². The summed E-state index contributed by atoms with van der Waals surface area (Å²) in [6, 6.07) is 10.3. The third-order valence-electron chi connectivity index (χ3n) is 5.64. The molecule has 0 saturated carbocycles. The molecule has 8 nitrogen and oxygen atoms in total. The van der Waals surface area contributed by atoms with Gasteiger partial charge in [-0.2, -0.15) is 0 Å². The van der Waals surface area contributed by atoms with Crippen LogP contribution in [0.3, 0.4) is 0 Å². The van der Waals surface area contributed by atoms with Gasteiger partial charge in [0.1, 0.15) is 17.9 Å². The molecule has 1 aromatic heterocycles. The summed E-state index contributed by atoms with van der Waals surface area (Å²) in [6.07, 6.45) is -2.31. The number of hydrogen-bond donors (Lipinski definition) is 1. The first-order valence-corrected chi connectivity index (χ1v) is 11.1. The summed E-state index contributed by atoms with van der Waals surface area (Å²) in [6.45, 7) is 3.03. The molecule has 1 amide bonds. The number of carbonyl (C=O) groups is 2. The molecule has 1 N–H and O–H groups in total. The van der Waals surface area contributed by atoms with E-state index in [1.54, 1.807) is 30.0 Å². The molecule has 2 aromatic carbocycles. The quantitative estimate of drug-likeness (QED) is 0.503. The van der Waals surface area contributed by atoms with E-state index in [0.29, 0.717) is 60.5 Å². The zero-order valence-electron chi connectivity index (χ0n) is 18.8. The number of anilines is 2. The summed E-state index contributed by atoms with van der Waals surface area (Å²) >= 11 is 0. The van der Waals surface area contributed by atoms with Gasteiger partial charge < -0.3 is 19.7 Å². The highest BCUT2D eigenvalue weighted by Crippen LogP contribution is 2.28. The first-order chi connectivity index (χ1) is 16.7. The highest BCUT2D eigenvalue weighted by Gasteiger charge is 2.31. The molecule has 3 aromatic rings. The number of piperidine rings is 1. The van der Waals surface area contributed by atoms with Crippen LogP contribution < -0.4 is 10.1 Å². The van der Waals surface area contributed by atoms with Crippen molar-refractivity contribution in [3.8, 4) is 5.75 Å². The van der Waals surface area contributed by atoms with Gasteiger partial charge in [0.25, 0.3) is 5.91 Å². The standard InChI is InChI=1S/C24H23F3N4O4/c1-2-34-23(33)15-9-11-31(12-10-15)22(32)16-3-8-19-20(13-16)28-14-29-21(19)30-17-4-6-18(7-5-17)35-24(25,26)27/h3-8,13-15H,2,9-12H2,1H3,(H,28,29,30). The van der Waals surface area contributed by atoms with Gasteiger partial charge in [0.2, 0.25) is 0 Å². The minimum Gasteiger partial charge on any atom is -0.466 e. The molecule has 4 rings (SSSR count). The van der Waals surface area contributed by atoms with Crippen LogP contribution in [0.15, 0.2) is 48.8 Å². The van der Waals surface area contributed by atoms with Crippen molar-refractivity contribution < 1.29 is 32.2 Å². The number of nitrogens with zero attached hydrogens (tertiary/aromatic N) is 3. The Hall–Kier alpha value is -3.89. The van der Waals surface area contributed by atoms with Gasteiger partial charge in [0.05, 0.1) is 18.0 Å². The van der Waals surface area contributed by atoms with E-state index in [1.807, 2.05) is 0 Å². The number of alkyl halides is 3. The molecular formula is C24H23F3N4O4. The van der Waals surface area contributed by atoms with Crippen LogP contribution in [0.25, 0.3) is 10.9 Å². The summed E-state index contributed by atoms with van der Waals surface area (Å²) < 4.78 is 46.0. The second-order valence-corrected chi connectivity index (χ2v) is 7.97. The predicted molar refractivity (Wildman–Crippen MR) is 121 cm³/mol. The Morgan fingerprint density at radius 1 is 1.09 bits per heavy atom. The van der Waals surface area contributed by atoms with Crippen molar-refractivity contribution in [3.05, 3.63) is 54.4 Å². The normalized spacial score (nSPS) is 14.6. The fourth-order valence-corrected chi connectivity index (χ4v) is 3.93. The minimum absolute atomic E-state index is 0.150. The lowest BCUT2D eigenvalue weighted by Crippen LogP contribution is -2.40. The van der Waals surface area contributed by atoms with Crippen LogP contribution in [0.5, 0.6) is 5.75 Å². The van der Waals surface area contributed by atoms with E-state index in [-0.39, 0.29) is 23.5 Å². The molecule has 184 valence electrons. The van der Waals surface area contributed by atoms with Crippen LogP contribution in [0.1, 0.15) is 30.1 Å². The van der Waals surface area contributed by atoms with E-state index in [1.165, 1.54) is 30.6 Å². The maximum atomic E-state index is 13.0. The molecule has 35 heavy (non-hydrogen) atoms. The van der Waals surface area contributed by atoms with Gasteiger partial charge in [0.15, 0.2) is 0 Å². The number of nitrogens with one attached hydrogen (secondary N) is 1. The molecular weight excluding hydrogens is 465 g/mol. The van der Waals surface area contributed by atoms with Gasteiger partial charge in [-0.1, -0.05) is 0 Å². The molecule has 0 unspecified atom stereocenters. The fourth-order valence-electron chi connectivity index (χ4n) is 3.93. The van der Waals surface area contributed by atoms with Gasteiger partial charge in [0, 0.05) is 29.7 Å². The van der Waals surface area contributed by atoms with Crippen molar-refractivity contribution in [2.24, 2.45) is 5.92 Å². The average Bonchev–Trinajstić information content (AvgIpc) is 2.84. The first-order valence-electron chi connectivity index (χ1n) is 11.1. The molecule has 1 aliphatic heterocycles. The number of esters is 1. The molecule has 2 heterocycles. The number of hydrogen-bond acceptors (Lipinski definition) is 7. The fraction of sp³-hybridized carbons (Fsp3) is 0.333. The average molecular weight is 488 g/mol. The first kappa shape index (κ1) is 24.2. The second-order valence-electron chi connectivity index (χ2n) is 7.97. The largest absolute Gasteiger partial charge is 0.573 e. The van der Waals surface area contributed by atoms with Crippen molar-refractivity contribution in [1.82, 2.24) is 14.9 Å². The lowest BCUT2D eigenvalue weighted by Gasteiger charge is -2.31. The number of halogens is 3. The third kappa shape index (κ3) is 5.97. The molecule has 0 atom stereocenters. The summed E-state index contributed by atoms with van der Waals surface area (Å²) in [5, 5.41) is 3.69. The topological polar surface area (TPSA) is 93.7 Å². The molecule has 0 bridgehead atoms. The van der Waals surface area contributed by atoms with Gasteiger partial charge >= 0.3 is 12.3 Å². The zero-order valence-corrected chi connectivity index (χ0v) is 18.8. The van der Waals surface area contributed by atoms with E-state index in [0.717, 1.165) is 0 Å². The molecule has 0 radical (unpaired) electrons. The highest BCUT2D eigenvalue weighted by molar-refractivity contribution is 6.00. The molecule has 1 fully saturated rings. The van der Waals surface area contributed by atoms with Gasteiger partial charge in [-0.25, -0.2) is 9.97 Å². The summed E-state index contributed by atoms with van der Waals surface area (Å²) in [5.74, 6) is -0.447. The van der Waals surface area contributed by atoms with Crippen LogP contribution in [-0.2, 0) is 9.53 Å². The Bertz CT molecular complexity index is 1210. The van der Waals surface area contributed by atoms with Gasteiger partial charge in [-0.15, -0.1) is 13.2 Å². The Morgan fingerprint density at radius 3 is 2.46 bits per heavy atom.